The van der Waals surface area contributed by atoms with Crippen molar-refractivity contribution in [1.29, 1.82) is 0 Å². The van der Waals surface area contributed by atoms with Gasteiger partial charge in [-0.15, -0.1) is 6.58 Å². The number of rotatable bonds is 6. The Morgan fingerprint density at radius 1 is 1.19 bits per heavy atom. The van der Waals surface area contributed by atoms with E-state index in [0.29, 0.717) is 32.4 Å². The molecule has 0 aromatic rings. The standard InChI is InChI=1S/C16H26N2O3/c1-2-7-16(15(20)21)8-5-9-17(13-16)12-6-14(19)18-10-3-4-11-18/h2H,1,3-13H2,(H,20,21)/t16-/m0/s1. The number of hydrogen-bond acceptors (Lipinski definition) is 3. The van der Waals surface area contributed by atoms with E-state index in [1.165, 1.54) is 0 Å². The molecule has 2 aliphatic rings. The summed E-state index contributed by atoms with van der Waals surface area (Å²) < 4.78 is 0. The lowest BCUT2D eigenvalue weighted by atomic mass is 9.77. The highest BCUT2D eigenvalue weighted by Gasteiger charge is 2.41. The Labute approximate surface area is 126 Å². The zero-order valence-corrected chi connectivity index (χ0v) is 12.7. The Morgan fingerprint density at radius 2 is 1.90 bits per heavy atom. The average molecular weight is 294 g/mol. The van der Waals surface area contributed by atoms with Crippen molar-refractivity contribution in [3.8, 4) is 0 Å². The Balaban J connectivity index is 1.87. The summed E-state index contributed by atoms with van der Waals surface area (Å²) in [7, 11) is 0. The fourth-order valence-electron chi connectivity index (χ4n) is 3.50. The van der Waals surface area contributed by atoms with Crippen LogP contribution in [0, 0.1) is 5.41 Å². The topological polar surface area (TPSA) is 60.9 Å². The van der Waals surface area contributed by atoms with Crippen molar-refractivity contribution in [1.82, 2.24) is 9.80 Å². The Kier molecular flexibility index (Phi) is 5.39. The molecule has 2 aliphatic heterocycles. The van der Waals surface area contributed by atoms with Crippen molar-refractivity contribution in [2.24, 2.45) is 5.41 Å². The molecule has 0 aliphatic carbocycles. The molecular weight excluding hydrogens is 268 g/mol. The maximum absolute atomic E-state index is 12.1. The van der Waals surface area contributed by atoms with Crippen molar-refractivity contribution in [3.63, 3.8) is 0 Å². The molecule has 0 radical (unpaired) electrons. The van der Waals surface area contributed by atoms with E-state index in [-0.39, 0.29) is 5.91 Å². The lowest BCUT2D eigenvalue weighted by molar-refractivity contribution is -0.152. The van der Waals surface area contributed by atoms with Gasteiger partial charge in [0.25, 0.3) is 0 Å². The first-order valence-electron chi connectivity index (χ1n) is 7.92. The summed E-state index contributed by atoms with van der Waals surface area (Å²) in [6.45, 7) is 7.54. The van der Waals surface area contributed by atoms with Crippen LogP contribution in [0.5, 0.6) is 0 Å². The van der Waals surface area contributed by atoms with Gasteiger partial charge in [0, 0.05) is 32.6 Å². The molecule has 2 fully saturated rings. The second-order valence-corrected chi connectivity index (χ2v) is 6.30. The zero-order valence-electron chi connectivity index (χ0n) is 12.7. The molecule has 0 spiro atoms. The molecule has 0 saturated carbocycles. The van der Waals surface area contributed by atoms with E-state index in [0.717, 1.165) is 38.9 Å². The molecule has 5 nitrogen and oxygen atoms in total. The van der Waals surface area contributed by atoms with Gasteiger partial charge in [0.1, 0.15) is 0 Å². The Hall–Kier alpha value is -1.36. The molecule has 0 aromatic heterocycles. The van der Waals surface area contributed by atoms with Crippen molar-refractivity contribution < 1.29 is 14.7 Å². The number of allylic oxidation sites excluding steroid dienone is 1. The number of carbonyl (C=O) groups is 2. The molecule has 1 amide bonds. The number of aliphatic carboxylic acids is 1. The molecule has 0 bridgehead atoms. The van der Waals surface area contributed by atoms with Gasteiger partial charge in [-0.1, -0.05) is 6.08 Å². The minimum atomic E-state index is -0.738. The number of carboxylic acids is 1. The molecule has 5 heteroatoms. The molecule has 1 atom stereocenters. The van der Waals surface area contributed by atoms with E-state index < -0.39 is 11.4 Å². The van der Waals surface area contributed by atoms with Gasteiger partial charge in [0.15, 0.2) is 0 Å². The average Bonchev–Trinajstić information content (AvgIpc) is 2.99. The van der Waals surface area contributed by atoms with E-state index >= 15 is 0 Å². The number of hydrogen-bond donors (Lipinski definition) is 1. The van der Waals surface area contributed by atoms with E-state index in [1.54, 1.807) is 6.08 Å². The van der Waals surface area contributed by atoms with Crippen LogP contribution < -0.4 is 0 Å². The van der Waals surface area contributed by atoms with E-state index in [4.69, 9.17) is 0 Å². The van der Waals surface area contributed by atoms with Gasteiger partial charge in [-0.3, -0.25) is 9.59 Å². The number of likely N-dealkylation sites (tertiary alicyclic amines) is 2. The molecule has 2 saturated heterocycles. The zero-order chi connectivity index (χ0) is 15.3. The van der Waals surface area contributed by atoms with Crippen LogP contribution in [0.3, 0.4) is 0 Å². The smallest absolute Gasteiger partial charge is 0.311 e. The van der Waals surface area contributed by atoms with Crippen LogP contribution in [0.1, 0.15) is 38.5 Å². The van der Waals surface area contributed by atoms with Gasteiger partial charge in [0.2, 0.25) is 5.91 Å². The third kappa shape index (κ3) is 3.84. The molecule has 118 valence electrons. The SMILES string of the molecule is C=CC[C@]1(C(=O)O)CCCN(CCC(=O)N2CCCC2)C1. The number of amides is 1. The molecule has 0 aromatic carbocycles. The third-order valence-corrected chi connectivity index (χ3v) is 4.75. The van der Waals surface area contributed by atoms with E-state index in [1.807, 2.05) is 4.90 Å². The molecule has 1 N–H and O–H groups in total. The van der Waals surface area contributed by atoms with Crippen LogP contribution in [-0.4, -0.2) is 59.5 Å². The fourth-order valence-corrected chi connectivity index (χ4v) is 3.50. The van der Waals surface area contributed by atoms with Gasteiger partial charge in [0.05, 0.1) is 5.41 Å². The monoisotopic (exact) mass is 294 g/mol. The maximum Gasteiger partial charge on any atom is 0.311 e. The summed E-state index contributed by atoms with van der Waals surface area (Å²) in [5.74, 6) is -0.527. The van der Waals surface area contributed by atoms with Gasteiger partial charge in [-0.05, 0) is 38.6 Å². The molecule has 2 rings (SSSR count). The second kappa shape index (κ2) is 7.07. The van der Waals surface area contributed by atoms with Crippen molar-refractivity contribution in [2.75, 3.05) is 32.7 Å². The first kappa shape index (κ1) is 16.0. The highest BCUT2D eigenvalue weighted by molar-refractivity contribution is 5.77. The molecule has 0 unspecified atom stereocenters. The third-order valence-electron chi connectivity index (χ3n) is 4.75. The first-order valence-corrected chi connectivity index (χ1v) is 7.92. The lowest BCUT2D eigenvalue weighted by Gasteiger charge is -2.39. The summed E-state index contributed by atoms with van der Waals surface area (Å²) in [6.07, 6.45) is 6.49. The van der Waals surface area contributed by atoms with E-state index in [2.05, 4.69) is 11.5 Å². The quantitative estimate of drug-likeness (QED) is 0.758. The highest BCUT2D eigenvalue weighted by atomic mass is 16.4. The summed E-state index contributed by atoms with van der Waals surface area (Å²) >= 11 is 0. The van der Waals surface area contributed by atoms with Gasteiger partial charge >= 0.3 is 5.97 Å². The van der Waals surface area contributed by atoms with Gasteiger partial charge in [-0.25, -0.2) is 0 Å². The number of carboxylic acid groups (broad SMARTS) is 1. The largest absolute Gasteiger partial charge is 0.481 e. The van der Waals surface area contributed by atoms with Crippen LogP contribution in [-0.2, 0) is 9.59 Å². The Bertz CT molecular complexity index is 404. The fraction of sp³-hybridized carbons (Fsp3) is 0.750. The van der Waals surface area contributed by atoms with Crippen molar-refractivity contribution in [2.45, 2.75) is 38.5 Å². The second-order valence-electron chi connectivity index (χ2n) is 6.30. The van der Waals surface area contributed by atoms with Gasteiger partial charge in [-0.2, -0.15) is 0 Å². The van der Waals surface area contributed by atoms with E-state index in [9.17, 15) is 14.7 Å². The van der Waals surface area contributed by atoms with Crippen molar-refractivity contribution in [3.05, 3.63) is 12.7 Å². The molecule has 21 heavy (non-hydrogen) atoms. The minimum absolute atomic E-state index is 0.211. The van der Waals surface area contributed by atoms with Crippen LogP contribution in [0.2, 0.25) is 0 Å². The lowest BCUT2D eigenvalue weighted by Crippen LogP contribution is -2.48. The summed E-state index contributed by atoms with van der Waals surface area (Å²) in [6, 6.07) is 0. The molecular formula is C16H26N2O3. The highest BCUT2D eigenvalue weighted by Crippen LogP contribution is 2.34. The van der Waals surface area contributed by atoms with Crippen molar-refractivity contribution >= 4 is 11.9 Å². The number of carbonyl (C=O) groups excluding carboxylic acids is 1. The predicted molar refractivity (Wildman–Crippen MR) is 81.0 cm³/mol. The predicted octanol–water partition coefficient (Wildman–Crippen LogP) is 1.74. The number of nitrogens with zero attached hydrogens (tertiary/aromatic N) is 2. The first-order chi connectivity index (χ1) is 10.1. The molecule has 2 heterocycles. The van der Waals surface area contributed by atoms with Gasteiger partial charge < -0.3 is 14.9 Å². The van der Waals surface area contributed by atoms with Crippen LogP contribution in [0.4, 0.5) is 0 Å². The minimum Gasteiger partial charge on any atom is -0.481 e. The van der Waals surface area contributed by atoms with Crippen LogP contribution in [0.15, 0.2) is 12.7 Å². The summed E-state index contributed by atoms with van der Waals surface area (Å²) in [4.78, 5) is 27.7. The van der Waals surface area contributed by atoms with Crippen LogP contribution >= 0.6 is 0 Å². The Morgan fingerprint density at radius 3 is 2.52 bits per heavy atom. The maximum atomic E-state index is 12.1. The number of piperidine rings is 1. The normalized spacial score (nSPS) is 26.8. The summed E-state index contributed by atoms with van der Waals surface area (Å²) in [5, 5.41) is 9.54. The summed E-state index contributed by atoms with van der Waals surface area (Å²) in [5.41, 5.74) is -0.712. The van der Waals surface area contributed by atoms with Crippen LogP contribution in [0.25, 0.3) is 0 Å².